The minimum absolute atomic E-state index is 0. The van der Waals surface area contributed by atoms with E-state index in [4.69, 9.17) is 4.74 Å². The molecule has 0 spiro atoms. The van der Waals surface area contributed by atoms with Gasteiger partial charge in [0.2, 0.25) is 5.91 Å². The van der Waals surface area contributed by atoms with Gasteiger partial charge in [0.05, 0.1) is 24.3 Å². The Kier molecular flexibility index (Phi) is 4.28. The largest absolute Gasteiger partial charge is 0.373 e. The van der Waals surface area contributed by atoms with E-state index >= 15 is 0 Å². The molecular weight excluding hydrogens is 240 g/mol. The predicted molar refractivity (Wildman–Crippen MR) is 67.3 cm³/mol. The van der Waals surface area contributed by atoms with Crippen LogP contribution in [0, 0.1) is 0 Å². The summed E-state index contributed by atoms with van der Waals surface area (Å²) in [6.07, 6.45) is 7.36. The maximum atomic E-state index is 12.0. The second kappa shape index (κ2) is 5.55. The second-order valence-corrected chi connectivity index (χ2v) is 5.23. The Morgan fingerprint density at radius 3 is 2.71 bits per heavy atom. The molecule has 5 heteroatoms. The van der Waals surface area contributed by atoms with Crippen LogP contribution in [0.15, 0.2) is 0 Å². The maximum Gasteiger partial charge on any atom is 0.237 e. The molecule has 0 saturated carbocycles. The number of rotatable bonds is 2. The van der Waals surface area contributed by atoms with E-state index in [0.717, 1.165) is 32.2 Å². The highest BCUT2D eigenvalue weighted by atomic mass is 35.5. The Balaban J connectivity index is 0.00000108. The van der Waals surface area contributed by atoms with Crippen LogP contribution in [0.5, 0.6) is 0 Å². The van der Waals surface area contributed by atoms with Crippen molar-refractivity contribution in [3.63, 3.8) is 0 Å². The number of nitrogens with one attached hydrogen (secondary N) is 2. The second-order valence-electron chi connectivity index (χ2n) is 5.23. The third-order valence-corrected chi connectivity index (χ3v) is 4.06. The zero-order valence-electron chi connectivity index (χ0n) is 9.98. The molecule has 0 aliphatic carbocycles. The number of hydrogen-bond donors (Lipinski definition) is 2. The summed E-state index contributed by atoms with van der Waals surface area (Å²) in [6, 6.07) is 0.308. The molecule has 17 heavy (non-hydrogen) atoms. The molecule has 1 amide bonds. The lowest BCUT2D eigenvalue weighted by Gasteiger charge is -2.26. The van der Waals surface area contributed by atoms with Crippen LogP contribution in [0.2, 0.25) is 0 Å². The molecule has 4 atom stereocenters. The quantitative estimate of drug-likeness (QED) is 0.779. The molecule has 3 saturated heterocycles. The first kappa shape index (κ1) is 13.1. The molecule has 0 radical (unpaired) electrons. The van der Waals surface area contributed by atoms with Crippen LogP contribution in [0.4, 0.5) is 0 Å². The predicted octanol–water partition coefficient (Wildman–Crippen LogP) is 0.986. The monoisotopic (exact) mass is 260 g/mol. The average molecular weight is 261 g/mol. The molecule has 0 aromatic carbocycles. The molecule has 98 valence electrons. The van der Waals surface area contributed by atoms with Crippen LogP contribution in [0.25, 0.3) is 0 Å². The molecule has 0 aromatic rings. The van der Waals surface area contributed by atoms with Gasteiger partial charge in [-0.3, -0.25) is 4.79 Å². The average Bonchev–Trinajstić information content (AvgIpc) is 2.92. The van der Waals surface area contributed by atoms with Gasteiger partial charge in [-0.15, -0.1) is 12.4 Å². The molecule has 3 fully saturated rings. The van der Waals surface area contributed by atoms with Crippen molar-refractivity contribution in [1.29, 1.82) is 0 Å². The summed E-state index contributed by atoms with van der Waals surface area (Å²) in [5.74, 6) is 0.181. The summed E-state index contributed by atoms with van der Waals surface area (Å²) in [6.45, 7) is 0.977. The van der Waals surface area contributed by atoms with Crippen molar-refractivity contribution in [2.75, 3.05) is 6.54 Å². The third kappa shape index (κ3) is 2.75. The smallest absolute Gasteiger partial charge is 0.237 e. The number of hydrogen-bond acceptors (Lipinski definition) is 3. The first-order valence-electron chi connectivity index (χ1n) is 6.52. The van der Waals surface area contributed by atoms with Crippen molar-refractivity contribution in [2.45, 2.75) is 62.8 Å². The molecule has 3 rings (SSSR count). The zero-order valence-corrected chi connectivity index (χ0v) is 10.8. The standard InChI is InChI=1S/C12H20N2O2.ClH/c15-12(9-3-1-2-6-13-9)14-10-7-8-4-5-11(10)16-8;/h8-11,13H,1-7H2,(H,14,15);1H/t8?,9-,10?,11?;/m0./s1. The molecular formula is C12H21ClN2O2. The van der Waals surface area contributed by atoms with Crippen molar-refractivity contribution < 1.29 is 9.53 Å². The van der Waals surface area contributed by atoms with E-state index in [-0.39, 0.29) is 36.5 Å². The molecule has 2 N–H and O–H groups in total. The molecule has 0 aromatic heterocycles. The third-order valence-electron chi connectivity index (χ3n) is 4.06. The Hall–Kier alpha value is -0.320. The van der Waals surface area contributed by atoms with Gasteiger partial charge in [0.15, 0.2) is 0 Å². The fourth-order valence-electron chi connectivity index (χ4n) is 3.15. The number of ether oxygens (including phenoxy) is 1. The lowest BCUT2D eigenvalue weighted by atomic mass is 9.95. The molecule has 3 aliphatic heterocycles. The van der Waals surface area contributed by atoms with Crippen LogP contribution in [0.3, 0.4) is 0 Å². The summed E-state index contributed by atoms with van der Waals surface area (Å²) in [4.78, 5) is 12.0. The maximum absolute atomic E-state index is 12.0. The summed E-state index contributed by atoms with van der Waals surface area (Å²) in [5, 5.41) is 6.44. The molecule has 4 nitrogen and oxygen atoms in total. The Bertz CT molecular complexity index is 282. The normalized spacial score (nSPS) is 39.8. The fraction of sp³-hybridized carbons (Fsp3) is 0.917. The van der Waals surface area contributed by atoms with Crippen molar-refractivity contribution in [3.05, 3.63) is 0 Å². The minimum atomic E-state index is 0. The number of carbonyl (C=O) groups is 1. The van der Waals surface area contributed by atoms with Gasteiger partial charge in [-0.05, 0) is 38.6 Å². The van der Waals surface area contributed by atoms with Gasteiger partial charge in [-0.2, -0.15) is 0 Å². The first-order chi connectivity index (χ1) is 7.83. The summed E-state index contributed by atoms with van der Waals surface area (Å²) in [5.41, 5.74) is 0. The molecule has 3 aliphatic rings. The van der Waals surface area contributed by atoms with Crippen molar-refractivity contribution >= 4 is 18.3 Å². The number of amides is 1. The number of halogens is 1. The van der Waals surface area contributed by atoms with Crippen LogP contribution < -0.4 is 10.6 Å². The Morgan fingerprint density at radius 1 is 1.24 bits per heavy atom. The van der Waals surface area contributed by atoms with Crippen molar-refractivity contribution in [3.8, 4) is 0 Å². The first-order valence-corrected chi connectivity index (χ1v) is 6.52. The van der Waals surface area contributed by atoms with Gasteiger partial charge in [0.25, 0.3) is 0 Å². The fourth-order valence-corrected chi connectivity index (χ4v) is 3.15. The molecule has 3 heterocycles. The minimum Gasteiger partial charge on any atom is -0.373 e. The lowest BCUT2D eigenvalue weighted by molar-refractivity contribution is -0.124. The van der Waals surface area contributed by atoms with E-state index in [2.05, 4.69) is 10.6 Å². The lowest BCUT2D eigenvalue weighted by Crippen LogP contribution is -2.51. The zero-order chi connectivity index (χ0) is 11.0. The highest BCUT2D eigenvalue weighted by Gasteiger charge is 2.41. The van der Waals surface area contributed by atoms with Crippen molar-refractivity contribution in [1.82, 2.24) is 10.6 Å². The Morgan fingerprint density at radius 2 is 2.12 bits per heavy atom. The van der Waals surface area contributed by atoms with Gasteiger partial charge in [0.1, 0.15) is 0 Å². The van der Waals surface area contributed by atoms with Gasteiger partial charge >= 0.3 is 0 Å². The number of carbonyl (C=O) groups excluding carboxylic acids is 1. The van der Waals surface area contributed by atoms with Crippen LogP contribution in [-0.4, -0.2) is 36.7 Å². The van der Waals surface area contributed by atoms with Gasteiger partial charge < -0.3 is 15.4 Å². The topological polar surface area (TPSA) is 50.4 Å². The number of piperidine rings is 1. The van der Waals surface area contributed by atoms with Crippen LogP contribution in [0.1, 0.15) is 38.5 Å². The molecule has 3 unspecified atom stereocenters. The van der Waals surface area contributed by atoms with E-state index in [1.807, 2.05) is 0 Å². The Labute approximate surface area is 108 Å². The van der Waals surface area contributed by atoms with Crippen molar-refractivity contribution in [2.24, 2.45) is 0 Å². The van der Waals surface area contributed by atoms with E-state index < -0.39 is 0 Å². The van der Waals surface area contributed by atoms with Gasteiger partial charge in [-0.1, -0.05) is 6.42 Å². The van der Waals surface area contributed by atoms with Gasteiger partial charge in [0, 0.05) is 0 Å². The van der Waals surface area contributed by atoms with E-state index in [0.29, 0.717) is 6.10 Å². The van der Waals surface area contributed by atoms with E-state index in [9.17, 15) is 4.79 Å². The number of fused-ring (bicyclic) bond motifs is 2. The van der Waals surface area contributed by atoms with Crippen LogP contribution >= 0.6 is 12.4 Å². The SMILES string of the molecule is Cl.O=C(NC1CC2CCC1O2)[C@@H]1CCCCN1. The molecule has 2 bridgehead atoms. The van der Waals surface area contributed by atoms with Crippen LogP contribution in [-0.2, 0) is 9.53 Å². The van der Waals surface area contributed by atoms with Gasteiger partial charge in [-0.25, -0.2) is 0 Å². The van der Waals surface area contributed by atoms with E-state index in [1.54, 1.807) is 0 Å². The highest BCUT2D eigenvalue weighted by Crippen LogP contribution is 2.34. The summed E-state index contributed by atoms with van der Waals surface area (Å²) < 4.78 is 5.74. The highest BCUT2D eigenvalue weighted by molar-refractivity contribution is 5.85. The van der Waals surface area contributed by atoms with E-state index in [1.165, 1.54) is 12.8 Å². The summed E-state index contributed by atoms with van der Waals surface area (Å²) >= 11 is 0. The summed E-state index contributed by atoms with van der Waals surface area (Å²) in [7, 11) is 0.